The minimum absolute atomic E-state index is 0.217. The molecule has 6 atom stereocenters. The number of hydrogen-bond acceptors (Lipinski definition) is 2. The fraction of sp³-hybridized carbons (Fsp3) is 0.467. The van der Waals surface area contributed by atoms with Crippen molar-refractivity contribution in [2.75, 3.05) is 0 Å². The highest BCUT2D eigenvalue weighted by Crippen LogP contribution is 2.59. The largest absolute Gasteiger partial charge is 0.388 e. The van der Waals surface area contributed by atoms with Gasteiger partial charge in [0.1, 0.15) is 0 Å². The second kappa shape index (κ2) is 3.21. The Bertz CT molecular complexity index is 450. The summed E-state index contributed by atoms with van der Waals surface area (Å²) in [6.45, 7) is 0. The van der Waals surface area contributed by atoms with Crippen molar-refractivity contribution in [2.45, 2.75) is 18.6 Å². The summed E-state index contributed by atoms with van der Waals surface area (Å²) in [7, 11) is 0. The van der Waals surface area contributed by atoms with Crippen LogP contribution in [0.25, 0.3) is 0 Å². The van der Waals surface area contributed by atoms with Gasteiger partial charge in [-0.3, -0.25) is 0 Å². The molecule has 1 fully saturated rings. The van der Waals surface area contributed by atoms with Gasteiger partial charge in [0.05, 0.1) is 12.2 Å². The molecule has 3 aliphatic rings. The number of hydrogen-bond donors (Lipinski definition) is 2. The van der Waals surface area contributed by atoms with Gasteiger partial charge in [-0.15, -0.1) is 0 Å². The summed E-state index contributed by atoms with van der Waals surface area (Å²) in [4.78, 5) is 0. The van der Waals surface area contributed by atoms with E-state index in [0.29, 0.717) is 11.8 Å². The maximum atomic E-state index is 10.5. The zero-order chi connectivity index (χ0) is 11.6. The van der Waals surface area contributed by atoms with E-state index in [1.807, 2.05) is 24.3 Å². The zero-order valence-corrected chi connectivity index (χ0v) is 9.53. The summed E-state index contributed by atoms with van der Waals surface area (Å²) in [5.74, 6) is 1.36. The maximum absolute atomic E-state index is 10.5. The van der Waals surface area contributed by atoms with E-state index >= 15 is 0 Å². The average molecular weight is 228 g/mol. The molecule has 88 valence electrons. The normalized spacial score (nSPS) is 45.8. The highest BCUT2D eigenvalue weighted by molar-refractivity contribution is 5.37. The first-order valence-corrected chi connectivity index (χ1v) is 6.40. The molecule has 0 unspecified atom stereocenters. The fourth-order valence-corrected chi connectivity index (χ4v) is 4.25. The molecule has 4 rings (SSSR count). The SMILES string of the molecule is O[C@@H]1c2ccccc2[C@H](O)[C@H]2[C@@H]1[C@H]1C=C[C@@H]2C1. The van der Waals surface area contributed by atoms with Gasteiger partial charge in [0.15, 0.2) is 0 Å². The number of allylic oxidation sites excluding steroid dienone is 2. The summed E-state index contributed by atoms with van der Waals surface area (Å²) >= 11 is 0. The molecule has 0 amide bonds. The maximum Gasteiger partial charge on any atom is 0.0831 e. The van der Waals surface area contributed by atoms with Crippen molar-refractivity contribution >= 4 is 0 Å². The summed E-state index contributed by atoms with van der Waals surface area (Å²) < 4.78 is 0. The van der Waals surface area contributed by atoms with Crippen LogP contribution in [0.2, 0.25) is 0 Å². The quantitative estimate of drug-likeness (QED) is 0.668. The molecular weight excluding hydrogens is 212 g/mol. The second-order valence-corrected chi connectivity index (χ2v) is 5.62. The van der Waals surface area contributed by atoms with Gasteiger partial charge in [0.25, 0.3) is 0 Å². The Labute approximate surface area is 101 Å². The van der Waals surface area contributed by atoms with E-state index in [2.05, 4.69) is 12.2 Å². The molecule has 3 aliphatic carbocycles. The average Bonchev–Trinajstić information content (AvgIpc) is 2.96. The highest BCUT2D eigenvalue weighted by atomic mass is 16.3. The number of aliphatic hydroxyl groups is 2. The van der Waals surface area contributed by atoms with Crippen molar-refractivity contribution in [1.29, 1.82) is 0 Å². The van der Waals surface area contributed by atoms with Crippen LogP contribution in [0.1, 0.15) is 29.8 Å². The molecule has 1 aromatic carbocycles. The summed E-state index contributed by atoms with van der Waals surface area (Å²) in [5, 5.41) is 21.1. The Morgan fingerprint density at radius 2 is 1.29 bits per heavy atom. The molecule has 1 saturated carbocycles. The van der Waals surface area contributed by atoms with Crippen LogP contribution in [-0.4, -0.2) is 10.2 Å². The number of benzene rings is 1. The Kier molecular flexibility index (Phi) is 1.86. The van der Waals surface area contributed by atoms with E-state index in [4.69, 9.17) is 0 Å². The van der Waals surface area contributed by atoms with Crippen LogP contribution in [0.4, 0.5) is 0 Å². The van der Waals surface area contributed by atoms with Crippen molar-refractivity contribution in [3.05, 3.63) is 47.5 Å². The zero-order valence-electron chi connectivity index (χ0n) is 9.53. The lowest BCUT2D eigenvalue weighted by molar-refractivity contribution is -0.0209. The second-order valence-electron chi connectivity index (χ2n) is 5.62. The van der Waals surface area contributed by atoms with Gasteiger partial charge >= 0.3 is 0 Å². The lowest BCUT2D eigenvalue weighted by Gasteiger charge is -2.41. The van der Waals surface area contributed by atoms with Crippen LogP contribution in [0.3, 0.4) is 0 Å². The Morgan fingerprint density at radius 3 is 1.76 bits per heavy atom. The van der Waals surface area contributed by atoms with E-state index in [1.165, 1.54) is 0 Å². The monoisotopic (exact) mass is 228 g/mol. The molecule has 2 nitrogen and oxygen atoms in total. The third kappa shape index (κ3) is 1.12. The minimum Gasteiger partial charge on any atom is -0.388 e. The lowest BCUT2D eigenvalue weighted by atomic mass is 9.68. The Balaban J connectivity index is 1.88. The van der Waals surface area contributed by atoms with Gasteiger partial charge in [0, 0.05) is 11.8 Å². The number of fused-ring (bicyclic) bond motifs is 6. The molecule has 2 bridgehead atoms. The predicted molar refractivity (Wildman–Crippen MR) is 64.1 cm³/mol. The highest BCUT2D eigenvalue weighted by Gasteiger charge is 2.54. The number of rotatable bonds is 0. The molecule has 0 spiro atoms. The topological polar surface area (TPSA) is 40.5 Å². The van der Waals surface area contributed by atoms with Crippen molar-refractivity contribution in [3.63, 3.8) is 0 Å². The lowest BCUT2D eigenvalue weighted by Crippen LogP contribution is -2.35. The molecule has 0 aromatic heterocycles. The molecule has 0 aliphatic heterocycles. The molecular formula is C15H16O2. The summed E-state index contributed by atoms with van der Waals surface area (Å²) in [6, 6.07) is 7.79. The molecule has 0 radical (unpaired) electrons. The minimum atomic E-state index is -0.403. The van der Waals surface area contributed by atoms with Crippen molar-refractivity contribution in [1.82, 2.24) is 0 Å². The van der Waals surface area contributed by atoms with Crippen LogP contribution in [0.5, 0.6) is 0 Å². The smallest absolute Gasteiger partial charge is 0.0831 e. The van der Waals surface area contributed by atoms with Gasteiger partial charge in [-0.2, -0.15) is 0 Å². The van der Waals surface area contributed by atoms with Crippen LogP contribution in [0, 0.1) is 23.7 Å². The first-order valence-electron chi connectivity index (χ1n) is 6.40. The van der Waals surface area contributed by atoms with E-state index < -0.39 is 12.2 Å². The van der Waals surface area contributed by atoms with Gasteiger partial charge in [0.2, 0.25) is 0 Å². The molecule has 1 aromatic rings. The van der Waals surface area contributed by atoms with Crippen molar-refractivity contribution in [3.8, 4) is 0 Å². The van der Waals surface area contributed by atoms with Crippen LogP contribution < -0.4 is 0 Å². The predicted octanol–water partition coefficient (Wildman–Crippen LogP) is 2.21. The third-order valence-electron chi connectivity index (χ3n) is 4.95. The van der Waals surface area contributed by atoms with E-state index in [9.17, 15) is 10.2 Å². The fourth-order valence-electron chi connectivity index (χ4n) is 4.25. The first kappa shape index (κ1) is 9.86. The van der Waals surface area contributed by atoms with Crippen LogP contribution in [-0.2, 0) is 0 Å². The summed E-state index contributed by atoms with van der Waals surface area (Å²) in [6.07, 6.45) is 4.77. The summed E-state index contributed by atoms with van der Waals surface area (Å²) in [5.41, 5.74) is 1.87. The van der Waals surface area contributed by atoms with Gasteiger partial charge in [-0.25, -0.2) is 0 Å². The van der Waals surface area contributed by atoms with E-state index in [0.717, 1.165) is 17.5 Å². The Hall–Kier alpha value is -1.12. The van der Waals surface area contributed by atoms with E-state index in [-0.39, 0.29) is 11.8 Å². The van der Waals surface area contributed by atoms with Gasteiger partial charge in [-0.1, -0.05) is 36.4 Å². The van der Waals surface area contributed by atoms with Crippen molar-refractivity contribution < 1.29 is 10.2 Å². The number of aliphatic hydroxyl groups excluding tert-OH is 2. The van der Waals surface area contributed by atoms with Crippen molar-refractivity contribution in [2.24, 2.45) is 23.7 Å². The first-order chi connectivity index (χ1) is 8.27. The molecule has 2 N–H and O–H groups in total. The molecule has 17 heavy (non-hydrogen) atoms. The third-order valence-corrected chi connectivity index (χ3v) is 4.95. The molecule has 2 heteroatoms. The standard InChI is InChI=1S/C15H16O2/c16-14-10-3-1-2-4-11(10)15(17)13-9-6-5-8(7-9)12(13)14/h1-6,8-9,12-17H,7H2/t8-,9+,12-,13+,14+,15-. The van der Waals surface area contributed by atoms with Crippen LogP contribution >= 0.6 is 0 Å². The van der Waals surface area contributed by atoms with E-state index in [1.54, 1.807) is 0 Å². The van der Waals surface area contributed by atoms with Gasteiger partial charge < -0.3 is 10.2 Å². The van der Waals surface area contributed by atoms with Gasteiger partial charge in [-0.05, 0) is 29.4 Å². The van der Waals surface area contributed by atoms with Crippen LogP contribution in [0.15, 0.2) is 36.4 Å². The molecule has 0 saturated heterocycles. The Morgan fingerprint density at radius 1 is 0.824 bits per heavy atom. The molecule has 0 heterocycles.